The number of rotatable bonds is 5. The van der Waals surface area contributed by atoms with Gasteiger partial charge in [0.1, 0.15) is 0 Å². The van der Waals surface area contributed by atoms with E-state index in [0.29, 0.717) is 5.69 Å². The molecule has 0 aliphatic carbocycles. The quantitative estimate of drug-likeness (QED) is 0.831. The van der Waals surface area contributed by atoms with E-state index in [0.717, 1.165) is 11.1 Å². The molecule has 0 bridgehead atoms. The largest absolute Gasteiger partial charge is 0.468 e. The molecule has 0 aliphatic rings. The average molecular weight is 313 g/mol. The molecule has 0 saturated carbocycles. The fraction of sp³-hybridized carbons (Fsp3) is 0.235. The summed E-state index contributed by atoms with van der Waals surface area (Å²) in [5, 5.41) is 5.37. The number of anilines is 1. The van der Waals surface area contributed by atoms with Crippen molar-refractivity contribution >= 4 is 17.7 Å². The van der Waals surface area contributed by atoms with Gasteiger partial charge in [-0.3, -0.25) is 9.78 Å². The zero-order valence-corrected chi connectivity index (χ0v) is 13.1. The number of carbonyl (C=O) groups excluding carboxylic acids is 2. The van der Waals surface area contributed by atoms with Crippen LogP contribution in [0.5, 0.6) is 0 Å². The number of benzene rings is 1. The molecule has 1 heterocycles. The number of esters is 1. The molecule has 0 unspecified atom stereocenters. The van der Waals surface area contributed by atoms with Gasteiger partial charge in [0.2, 0.25) is 0 Å². The Hall–Kier alpha value is -2.89. The smallest absolute Gasteiger partial charge is 0.319 e. The van der Waals surface area contributed by atoms with Gasteiger partial charge in [0.05, 0.1) is 13.0 Å². The second-order valence-electron chi connectivity index (χ2n) is 5.06. The Morgan fingerprint density at radius 3 is 2.61 bits per heavy atom. The number of aromatic nitrogens is 1. The minimum Gasteiger partial charge on any atom is -0.468 e. The van der Waals surface area contributed by atoms with Crippen LogP contribution in [0.25, 0.3) is 0 Å². The molecule has 2 aromatic rings. The van der Waals surface area contributed by atoms with Crippen molar-refractivity contribution in [3.05, 3.63) is 59.9 Å². The zero-order valence-electron chi connectivity index (χ0n) is 13.1. The predicted molar refractivity (Wildman–Crippen MR) is 87.2 cm³/mol. The summed E-state index contributed by atoms with van der Waals surface area (Å²) in [6.45, 7) is 2.09. The average Bonchev–Trinajstić information content (AvgIpc) is 2.55. The van der Waals surface area contributed by atoms with E-state index in [2.05, 4.69) is 15.6 Å². The number of nitrogens with one attached hydrogen (secondary N) is 2. The molecular formula is C17H19N3O3. The molecule has 1 atom stereocenters. The predicted octanol–water partition coefficient (Wildman–Crippen LogP) is 2.47. The van der Waals surface area contributed by atoms with Crippen LogP contribution in [-0.2, 0) is 9.53 Å². The molecule has 0 radical (unpaired) electrons. The summed E-state index contributed by atoms with van der Waals surface area (Å²) in [6, 6.07) is 10.5. The van der Waals surface area contributed by atoms with Crippen molar-refractivity contribution in [3.63, 3.8) is 0 Å². The van der Waals surface area contributed by atoms with E-state index in [-0.39, 0.29) is 12.5 Å². The van der Waals surface area contributed by atoms with Crippen molar-refractivity contribution in [1.29, 1.82) is 0 Å². The van der Waals surface area contributed by atoms with Crippen LogP contribution < -0.4 is 10.6 Å². The number of methoxy groups -OCH3 is 1. The SMILES string of the molecule is COC(=O)[C@H](CNC(=O)Nc1ccncc1)c1cccc(C)c1. The Bertz CT molecular complexity index is 674. The summed E-state index contributed by atoms with van der Waals surface area (Å²) in [7, 11) is 1.34. The van der Waals surface area contributed by atoms with Crippen LogP contribution in [-0.4, -0.2) is 30.6 Å². The van der Waals surface area contributed by atoms with Gasteiger partial charge in [0, 0.05) is 24.6 Å². The highest BCUT2D eigenvalue weighted by molar-refractivity contribution is 5.89. The van der Waals surface area contributed by atoms with Crippen LogP contribution in [0.4, 0.5) is 10.5 Å². The minimum absolute atomic E-state index is 0.146. The monoisotopic (exact) mass is 313 g/mol. The lowest BCUT2D eigenvalue weighted by Gasteiger charge is -2.16. The van der Waals surface area contributed by atoms with Crippen molar-refractivity contribution < 1.29 is 14.3 Å². The first-order valence-corrected chi connectivity index (χ1v) is 7.19. The fourth-order valence-electron chi connectivity index (χ4n) is 2.17. The maximum Gasteiger partial charge on any atom is 0.319 e. The molecule has 6 heteroatoms. The second kappa shape index (κ2) is 7.93. The summed E-state index contributed by atoms with van der Waals surface area (Å²) in [6.07, 6.45) is 3.17. The van der Waals surface area contributed by atoms with Crippen molar-refractivity contribution in [2.24, 2.45) is 0 Å². The molecule has 6 nitrogen and oxygen atoms in total. The number of ether oxygens (including phenoxy) is 1. The maximum absolute atomic E-state index is 12.0. The number of carbonyl (C=O) groups is 2. The molecule has 120 valence electrons. The van der Waals surface area contributed by atoms with E-state index < -0.39 is 11.9 Å². The van der Waals surface area contributed by atoms with Crippen LogP contribution in [0, 0.1) is 6.92 Å². The van der Waals surface area contributed by atoms with Gasteiger partial charge >= 0.3 is 12.0 Å². The molecule has 1 aromatic carbocycles. The van der Waals surface area contributed by atoms with Crippen LogP contribution in [0.3, 0.4) is 0 Å². The maximum atomic E-state index is 12.0. The molecule has 0 spiro atoms. The Kier molecular flexibility index (Phi) is 5.68. The number of hydrogen-bond donors (Lipinski definition) is 2. The van der Waals surface area contributed by atoms with Gasteiger partial charge in [-0.15, -0.1) is 0 Å². The van der Waals surface area contributed by atoms with Gasteiger partial charge in [0.25, 0.3) is 0 Å². The lowest BCUT2D eigenvalue weighted by molar-refractivity contribution is -0.142. The minimum atomic E-state index is -0.553. The zero-order chi connectivity index (χ0) is 16.7. The Labute approximate surface area is 134 Å². The second-order valence-corrected chi connectivity index (χ2v) is 5.06. The van der Waals surface area contributed by atoms with Gasteiger partial charge in [-0.25, -0.2) is 4.79 Å². The van der Waals surface area contributed by atoms with Crippen molar-refractivity contribution in [3.8, 4) is 0 Å². The summed E-state index contributed by atoms with van der Waals surface area (Å²) >= 11 is 0. The van der Waals surface area contributed by atoms with Gasteiger partial charge in [-0.05, 0) is 24.6 Å². The highest BCUT2D eigenvalue weighted by Gasteiger charge is 2.22. The summed E-state index contributed by atoms with van der Waals surface area (Å²) in [5.74, 6) is -0.942. The van der Waals surface area contributed by atoms with Crippen LogP contribution in [0.2, 0.25) is 0 Å². The van der Waals surface area contributed by atoms with E-state index in [1.165, 1.54) is 7.11 Å². The third-order valence-corrected chi connectivity index (χ3v) is 3.34. The van der Waals surface area contributed by atoms with Crippen LogP contribution >= 0.6 is 0 Å². The summed E-state index contributed by atoms with van der Waals surface area (Å²) < 4.78 is 4.84. The first-order chi connectivity index (χ1) is 11.1. The van der Waals surface area contributed by atoms with E-state index in [4.69, 9.17) is 4.74 Å². The lowest BCUT2D eigenvalue weighted by Crippen LogP contribution is -2.35. The highest BCUT2D eigenvalue weighted by Crippen LogP contribution is 2.18. The van der Waals surface area contributed by atoms with E-state index in [1.54, 1.807) is 24.5 Å². The Balaban J connectivity index is 2.01. The van der Waals surface area contributed by atoms with Crippen LogP contribution in [0.15, 0.2) is 48.8 Å². The molecule has 2 N–H and O–H groups in total. The van der Waals surface area contributed by atoms with E-state index in [9.17, 15) is 9.59 Å². The summed E-state index contributed by atoms with van der Waals surface area (Å²) in [5.41, 5.74) is 2.47. The number of hydrogen-bond acceptors (Lipinski definition) is 4. The number of amides is 2. The normalized spacial score (nSPS) is 11.4. The molecule has 0 fully saturated rings. The van der Waals surface area contributed by atoms with Gasteiger partial charge < -0.3 is 15.4 Å². The van der Waals surface area contributed by atoms with Gasteiger partial charge in [0.15, 0.2) is 0 Å². The highest BCUT2D eigenvalue weighted by atomic mass is 16.5. The number of aryl methyl sites for hydroxylation is 1. The number of pyridine rings is 1. The molecular weight excluding hydrogens is 294 g/mol. The van der Waals surface area contributed by atoms with E-state index >= 15 is 0 Å². The Morgan fingerprint density at radius 2 is 1.96 bits per heavy atom. The molecule has 23 heavy (non-hydrogen) atoms. The molecule has 0 aliphatic heterocycles. The van der Waals surface area contributed by atoms with Gasteiger partial charge in [-0.2, -0.15) is 0 Å². The molecule has 1 aromatic heterocycles. The molecule has 0 saturated heterocycles. The lowest BCUT2D eigenvalue weighted by atomic mass is 9.97. The molecule has 2 rings (SSSR count). The molecule has 2 amide bonds. The first-order valence-electron chi connectivity index (χ1n) is 7.19. The third-order valence-electron chi connectivity index (χ3n) is 3.34. The third kappa shape index (κ3) is 4.81. The summed E-state index contributed by atoms with van der Waals surface area (Å²) in [4.78, 5) is 27.8. The topological polar surface area (TPSA) is 80.3 Å². The Morgan fingerprint density at radius 1 is 1.22 bits per heavy atom. The van der Waals surface area contributed by atoms with Crippen molar-refractivity contribution in [2.75, 3.05) is 19.0 Å². The van der Waals surface area contributed by atoms with Crippen molar-refractivity contribution in [1.82, 2.24) is 10.3 Å². The van der Waals surface area contributed by atoms with Crippen molar-refractivity contribution in [2.45, 2.75) is 12.8 Å². The van der Waals surface area contributed by atoms with E-state index in [1.807, 2.05) is 31.2 Å². The fourth-order valence-corrected chi connectivity index (χ4v) is 2.17. The first kappa shape index (κ1) is 16.5. The number of nitrogens with zero attached hydrogens (tertiary/aromatic N) is 1. The standard InChI is InChI=1S/C17H19N3O3/c1-12-4-3-5-13(10-12)15(16(21)23-2)11-19-17(22)20-14-6-8-18-9-7-14/h3-10,15H,11H2,1-2H3,(H2,18,19,20,22)/t15-/m1/s1. The van der Waals surface area contributed by atoms with Crippen LogP contribution in [0.1, 0.15) is 17.0 Å². The number of urea groups is 1. The van der Waals surface area contributed by atoms with Gasteiger partial charge in [-0.1, -0.05) is 29.8 Å².